The van der Waals surface area contributed by atoms with Gasteiger partial charge in [-0.15, -0.1) is 0 Å². The van der Waals surface area contributed by atoms with Gasteiger partial charge in [-0.25, -0.2) is 0 Å². The fraction of sp³-hybridized carbons (Fsp3) is 0.900. The van der Waals surface area contributed by atoms with E-state index in [2.05, 4.69) is 0 Å². The van der Waals surface area contributed by atoms with Gasteiger partial charge in [0.1, 0.15) is 0 Å². The summed E-state index contributed by atoms with van der Waals surface area (Å²) < 4.78 is 0. The highest BCUT2D eigenvalue weighted by atomic mass is 16.4. The number of hydrogen-bond acceptors (Lipinski definition) is 4. The van der Waals surface area contributed by atoms with Crippen LogP contribution in [0.25, 0.3) is 0 Å². The van der Waals surface area contributed by atoms with Crippen LogP contribution >= 0.6 is 0 Å². The van der Waals surface area contributed by atoms with Crippen molar-refractivity contribution in [3.8, 4) is 0 Å². The van der Waals surface area contributed by atoms with Crippen molar-refractivity contribution in [3.05, 3.63) is 0 Å². The van der Waals surface area contributed by atoms with E-state index >= 15 is 0 Å². The minimum atomic E-state index is -0.741. The molecule has 0 aliphatic heterocycles. The Morgan fingerprint density at radius 1 is 1.13 bits per heavy atom. The fourth-order valence-corrected chi connectivity index (χ4v) is 0.620. The average molecular weight is 222 g/mol. The van der Waals surface area contributed by atoms with Crippen LogP contribution in [0, 0.1) is 11.8 Å². The Labute approximate surface area is 90.4 Å². The summed E-state index contributed by atoms with van der Waals surface area (Å²) >= 11 is 0. The monoisotopic (exact) mass is 222 g/mol. The number of aliphatic carboxylic acids is 1. The molecular formula is C10H22O5. The summed E-state index contributed by atoms with van der Waals surface area (Å²) in [6.07, 6.45) is 1.36. The van der Waals surface area contributed by atoms with Gasteiger partial charge in [-0.05, 0) is 12.8 Å². The van der Waals surface area contributed by atoms with Crippen molar-refractivity contribution < 1.29 is 25.2 Å². The van der Waals surface area contributed by atoms with Crippen LogP contribution in [0.1, 0.15) is 26.7 Å². The van der Waals surface area contributed by atoms with E-state index in [-0.39, 0.29) is 31.7 Å². The Kier molecular flexibility index (Phi) is 12.8. The molecule has 0 aromatic carbocycles. The zero-order valence-electron chi connectivity index (χ0n) is 9.39. The highest BCUT2D eigenvalue weighted by Gasteiger charge is 2.03. The second kappa shape index (κ2) is 11.4. The molecule has 0 heterocycles. The Morgan fingerprint density at radius 2 is 1.53 bits per heavy atom. The largest absolute Gasteiger partial charge is 0.481 e. The molecule has 0 saturated heterocycles. The van der Waals surface area contributed by atoms with Crippen LogP contribution < -0.4 is 0 Å². The first-order valence-corrected chi connectivity index (χ1v) is 5.04. The summed E-state index contributed by atoms with van der Waals surface area (Å²) in [5, 5.41) is 33.4. The van der Waals surface area contributed by atoms with Gasteiger partial charge >= 0.3 is 5.97 Å². The fourth-order valence-electron chi connectivity index (χ4n) is 0.620. The number of carbonyl (C=O) groups is 1. The molecule has 0 unspecified atom stereocenters. The summed E-state index contributed by atoms with van der Waals surface area (Å²) in [6.45, 7) is 3.44. The number of aliphatic hydroxyl groups excluding tert-OH is 3. The van der Waals surface area contributed by atoms with E-state index in [1.165, 1.54) is 0 Å². The summed E-state index contributed by atoms with van der Waals surface area (Å²) in [5.74, 6) is -1.02. The molecule has 0 aromatic heterocycles. The first kappa shape index (κ1) is 16.8. The van der Waals surface area contributed by atoms with Crippen LogP contribution in [0.3, 0.4) is 0 Å². The molecule has 0 fully saturated rings. The lowest BCUT2D eigenvalue weighted by molar-refractivity contribution is -0.140. The Morgan fingerprint density at radius 3 is 1.73 bits per heavy atom. The van der Waals surface area contributed by atoms with E-state index in [9.17, 15) is 4.79 Å². The zero-order chi connectivity index (χ0) is 12.3. The zero-order valence-corrected chi connectivity index (χ0v) is 9.39. The van der Waals surface area contributed by atoms with Gasteiger partial charge < -0.3 is 20.4 Å². The van der Waals surface area contributed by atoms with Crippen LogP contribution in [0.15, 0.2) is 0 Å². The normalized spacial score (nSPS) is 10.1. The van der Waals surface area contributed by atoms with E-state index in [1.807, 2.05) is 0 Å². The molecule has 0 radical (unpaired) electrons. The van der Waals surface area contributed by atoms with Gasteiger partial charge in [0.2, 0.25) is 0 Å². The van der Waals surface area contributed by atoms with Crippen LogP contribution in [0.4, 0.5) is 0 Å². The minimum Gasteiger partial charge on any atom is -0.481 e. The Balaban J connectivity index is 0. The molecule has 5 heteroatoms. The maximum Gasteiger partial charge on any atom is 0.305 e. The summed E-state index contributed by atoms with van der Waals surface area (Å²) in [7, 11) is 0. The van der Waals surface area contributed by atoms with E-state index in [0.717, 1.165) is 0 Å². The topological polar surface area (TPSA) is 98.0 Å². The molecule has 4 N–H and O–H groups in total. The molecule has 0 atom stereocenters. The highest BCUT2D eigenvalue weighted by molar-refractivity contribution is 5.68. The van der Waals surface area contributed by atoms with Crippen LogP contribution in [-0.4, -0.2) is 46.2 Å². The van der Waals surface area contributed by atoms with Crippen molar-refractivity contribution in [1.29, 1.82) is 0 Å². The lowest BCUT2D eigenvalue weighted by Crippen LogP contribution is -2.11. The van der Waals surface area contributed by atoms with Gasteiger partial charge in [0.05, 0.1) is 5.92 Å². The number of aliphatic hydroxyl groups is 3. The third-order valence-corrected chi connectivity index (χ3v) is 1.78. The van der Waals surface area contributed by atoms with Crippen LogP contribution in [0.5, 0.6) is 0 Å². The molecule has 15 heavy (non-hydrogen) atoms. The predicted molar refractivity (Wildman–Crippen MR) is 56.5 cm³/mol. The number of rotatable bonds is 6. The Hall–Kier alpha value is -0.650. The molecule has 5 nitrogen and oxygen atoms in total. The third-order valence-electron chi connectivity index (χ3n) is 1.78. The second-order valence-corrected chi connectivity index (χ2v) is 3.59. The van der Waals surface area contributed by atoms with E-state index in [4.69, 9.17) is 20.4 Å². The van der Waals surface area contributed by atoms with Gasteiger partial charge in [-0.1, -0.05) is 13.8 Å². The van der Waals surface area contributed by atoms with Gasteiger partial charge in [-0.2, -0.15) is 0 Å². The molecule has 0 aromatic rings. The van der Waals surface area contributed by atoms with E-state index in [1.54, 1.807) is 13.8 Å². The number of hydrogen-bond donors (Lipinski definition) is 4. The first-order chi connectivity index (χ1) is 6.99. The molecule has 0 aliphatic carbocycles. The molecular weight excluding hydrogens is 200 g/mol. The summed E-state index contributed by atoms with van der Waals surface area (Å²) in [6, 6.07) is 0. The molecule has 0 rings (SSSR count). The molecule has 0 spiro atoms. The quantitative estimate of drug-likeness (QED) is 0.510. The Bertz CT molecular complexity index is 143. The predicted octanol–water partition coefficient (Wildman–Crippen LogP) is 0.0867. The molecule has 0 saturated carbocycles. The van der Waals surface area contributed by atoms with Crippen molar-refractivity contribution in [2.45, 2.75) is 26.7 Å². The number of carboxylic acid groups (broad SMARTS) is 1. The van der Waals surface area contributed by atoms with E-state index < -0.39 is 5.97 Å². The smallest absolute Gasteiger partial charge is 0.305 e. The van der Waals surface area contributed by atoms with Crippen molar-refractivity contribution in [3.63, 3.8) is 0 Å². The summed E-state index contributed by atoms with van der Waals surface area (Å²) in [5.41, 5.74) is 0. The van der Waals surface area contributed by atoms with Crippen LogP contribution in [-0.2, 0) is 4.79 Å². The maximum atomic E-state index is 9.70. The molecule has 0 bridgehead atoms. The van der Waals surface area contributed by atoms with Crippen molar-refractivity contribution >= 4 is 5.97 Å². The molecule has 0 amide bonds. The second-order valence-electron chi connectivity index (χ2n) is 3.59. The van der Waals surface area contributed by atoms with Gasteiger partial charge in [0.15, 0.2) is 0 Å². The van der Waals surface area contributed by atoms with Gasteiger partial charge in [0, 0.05) is 25.7 Å². The van der Waals surface area contributed by atoms with Crippen molar-refractivity contribution in [2.75, 3.05) is 19.8 Å². The minimum absolute atomic E-state index is 0.0104. The SMILES string of the molecule is CC(C)C(=O)O.OCCCC(CO)CO. The van der Waals surface area contributed by atoms with E-state index in [0.29, 0.717) is 12.8 Å². The lowest BCUT2D eigenvalue weighted by atomic mass is 10.1. The third kappa shape index (κ3) is 13.3. The van der Waals surface area contributed by atoms with Crippen LogP contribution in [0.2, 0.25) is 0 Å². The number of carboxylic acids is 1. The van der Waals surface area contributed by atoms with Gasteiger partial charge in [0.25, 0.3) is 0 Å². The maximum absolute atomic E-state index is 9.70. The first-order valence-electron chi connectivity index (χ1n) is 5.04. The summed E-state index contributed by atoms with van der Waals surface area (Å²) in [4.78, 5) is 9.70. The molecule has 0 aliphatic rings. The highest BCUT2D eigenvalue weighted by Crippen LogP contribution is 2.02. The molecule has 92 valence electrons. The average Bonchev–Trinajstić information content (AvgIpc) is 2.20. The van der Waals surface area contributed by atoms with Gasteiger partial charge in [-0.3, -0.25) is 4.79 Å². The standard InChI is InChI=1S/C6H14O3.C4H8O2/c7-3-1-2-6(4-8)5-9;1-3(2)4(5)6/h6-9H,1-5H2;3H,1-2H3,(H,5,6). The van der Waals surface area contributed by atoms with Crippen molar-refractivity contribution in [1.82, 2.24) is 0 Å². The van der Waals surface area contributed by atoms with Crippen molar-refractivity contribution in [2.24, 2.45) is 11.8 Å². The lowest BCUT2D eigenvalue weighted by Gasteiger charge is -2.07.